The number of ether oxygens (including phenoxy) is 3. The third kappa shape index (κ3) is 7.70. The maximum atomic E-state index is 12.7. The van der Waals surface area contributed by atoms with E-state index in [2.05, 4.69) is 5.32 Å². The van der Waals surface area contributed by atoms with Gasteiger partial charge in [-0.2, -0.15) is 0 Å². The number of hydrogen-bond donors (Lipinski definition) is 1. The van der Waals surface area contributed by atoms with Crippen LogP contribution in [0.1, 0.15) is 48.9 Å². The lowest BCUT2D eigenvalue weighted by Crippen LogP contribution is -2.43. The van der Waals surface area contributed by atoms with E-state index in [9.17, 15) is 9.59 Å². The van der Waals surface area contributed by atoms with E-state index in [0.717, 1.165) is 29.2 Å². The van der Waals surface area contributed by atoms with E-state index < -0.39 is 6.04 Å². The molecule has 1 N–H and O–H groups in total. The molecule has 0 saturated heterocycles. The highest BCUT2D eigenvalue weighted by Crippen LogP contribution is 2.29. The van der Waals surface area contributed by atoms with Crippen molar-refractivity contribution in [1.29, 1.82) is 0 Å². The fraction of sp³-hybridized carbons (Fsp3) is 0.462. The van der Waals surface area contributed by atoms with Gasteiger partial charge in [0.2, 0.25) is 0 Å². The van der Waals surface area contributed by atoms with Crippen LogP contribution in [0.3, 0.4) is 0 Å². The van der Waals surface area contributed by atoms with E-state index in [-0.39, 0.29) is 11.9 Å². The van der Waals surface area contributed by atoms with E-state index in [0.29, 0.717) is 30.3 Å². The van der Waals surface area contributed by atoms with E-state index in [1.807, 2.05) is 24.3 Å². The van der Waals surface area contributed by atoms with Gasteiger partial charge in [0.05, 0.1) is 20.8 Å². The van der Waals surface area contributed by atoms with Crippen LogP contribution in [0.15, 0.2) is 53.4 Å². The molecular weight excluding hydrogens is 438 g/mol. The average Bonchev–Trinajstić information content (AvgIpc) is 2.87. The van der Waals surface area contributed by atoms with Crippen LogP contribution in [-0.4, -0.2) is 44.5 Å². The maximum Gasteiger partial charge on any atom is 0.328 e. The van der Waals surface area contributed by atoms with E-state index in [1.54, 1.807) is 43.1 Å². The Balaban J connectivity index is 1.48. The molecule has 1 aliphatic rings. The molecule has 7 heteroatoms. The SMILES string of the molecule is COC(=O)[C@H](CC1CCCCC1)NC(=O)c1ccc(OCCSc2ccccc2OC)cc1. The highest BCUT2D eigenvalue weighted by molar-refractivity contribution is 7.99. The van der Waals surface area contributed by atoms with Crippen molar-refractivity contribution >= 4 is 23.6 Å². The summed E-state index contributed by atoms with van der Waals surface area (Å²) in [5.74, 6) is 2.10. The molecule has 0 radical (unpaired) electrons. The Hall–Kier alpha value is -2.67. The molecule has 1 amide bonds. The van der Waals surface area contributed by atoms with E-state index in [4.69, 9.17) is 14.2 Å². The van der Waals surface area contributed by atoms with Gasteiger partial charge in [0.25, 0.3) is 5.91 Å². The summed E-state index contributed by atoms with van der Waals surface area (Å²) in [7, 11) is 3.03. The molecule has 1 aliphatic carbocycles. The molecule has 0 bridgehead atoms. The Kier molecular flexibility index (Phi) is 9.94. The normalized spacial score (nSPS) is 14.8. The van der Waals surface area contributed by atoms with Gasteiger partial charge in [0.1, 0.15) is 17.5 Å². The zero-order chi connectivity index (χ0) is 23.5. The molecule has 3 rings (SSSR count). The van der Waals surface area contributed by atoms with Gasteiger partial charge in [-0.05, 0) is 48.7 Å². The molecule has 1 atom stereocenters. The number of thioether (sulfide) groups is 1. The lowest BCUT2D eigenvalue weighted by Gasteiger charge is -2.25. The summed E-state index contributed by atoms with van der Waals surface area (Å²) in [6.07, 6.45) is 6.45. The lowest BCUT2D eigenvalue weighted by molar-refractivity contribution is -0.143. The molecule has 178 valence electrons. The number of hydrogen-bond acceptors (Lipinski definition) is 6. The molecule has 0 aliphatic heterocycles. The predicted molar refractivity (Wildman–Crippen MR) is 130 cm³/mol. The number of rotatable bonds is 11. The number of methoxy groups -OCH3 is 2. The second kappa shape index (κ2) is 13.1. The Morgan fingerprint density at radius 1 is 1.03 bits per heavy atom. The Morgan fingerprint density at radius 2 is 1.76 bits per heavy atom. The monoisotopic (exact) mass is 471 g/mol. The molecule has 0 unspecified atom stereocenters. The van der Waals surface area contributed by atoms with E-state index >= 15 is 0 Å². The Labute approximate surface area is 200 Å². The number of amides is 1. The van der Waals surface area contributed by atoms with Crippen LogP contribution in [0.25, 0.3) is 0 Å². The first-order valence-electron chi connectivity index (χ1n) is 11.5. The van der Waals surface area contributed by atoms with Gasteiger partial charge in [-0.15, -0.1) is 11.8 Å². The molecule has 0 aromatic heterocycles. The summed E-state index contributed by atoms with van der Waals surface area (Å²) in [6, 6.07) is 14.2. The number of carbonyl (C=O) groups excluding carboxylic acids is 2. The number of para-hydroxylation sites is 1. The molecule has 33 heavy (non-hydrogen) atoms. The first-order valence-corrected chi connectivity index (χ1v) is 12.5. The average molecular weight is 472 g/mol. The van der Waals surface area contributed by atoms with Crippen LogP contribution < -0.4 is 14.8 Å². The number of carbonyl (C=O) groups is 2. The van der Waals surface area contributed by atoms with Crippen molar-refractivity contribution in [3.05, 3.63) is 54.1 Å². The van der Waals surface area contributed by atoms with Gasteiger partial charge in [-0.25, -0.2) is 4.79 Å². The molecule has 2 aromatic carbocycles. The minimum absolute atomic E-state index is 0.278. The van der Waals surface area contributed by atoms with Crippen molar-refractivity contribution in [3.63, 3.8) is 0 Å². The first-order chi connectivity index (χ1) is 16.1. The molecule has 2 aromatic rings. The third-order valence-corrected chi connectivity index (χ3v) is 6.90. The summed E-state index contributed by atoms with van der Waals surface area (Å²) in [4.78, 5) is 26.0. The van der Waals surface area contributed by atoms with Gasteiger partial charge in [0, 0.05) is 16.2 Å². The van der Waals surface area contributed by atoms with Gasteiger partial charge in [0.15, 0.2) is 0 Å². The zero-order valence-corrected chi connectivity index (χ0v) is 20.2. The van der Waals surface area contributed by atoms with Gasteiger partial charge in [-0.3, -0.25) is 4.79 Å². The minimum Gasteiger partial charge on any atom is -0.496 e. The fourth-order valence-electron chi connectivity index (χ4n) is 4.11. The predicted octanol–water partition coefficient (Wildman–Crippen LogP) is 5.11. The van der Waals surface area contributed by atoms with E-state index in [1.165, 1.54) is 26.4 Å². The van der Waals surface area contributed by atoms with Crippen LogP contribution in [0.4, 0.5) is 0 Å². The highest BCUT2D eigenvalue weighted by atomic mass is 32.2. The van der Waals surface area contributed by atoms with Crippen molar-refractivity contribution in [1.82, 2.24) is 5.32 Å². The largest absolute Gasteiger partial charge is 0.496 e. The summed E-state index contributed by atoms with van der Waals surface area (Å²) >= 11 is 1.67. The van der Waals surface area contributed by atoms with Gasteiger partial charge in [-0.1, -0.05) is 44.2 Å². The second-order valence-corrected chi connectivity index (χ2v) is 9.30. The minimum atomic E-state index is -0.617. The number of esters is 1. The first kappa shape index (κ1) is 25.0. The molecule has 1 fully saturated rings. The van der Waals surface area contributed by atoms with Crippen LogP contribution >= 0.6 is 11.8 Å². The molecular formula is C26H33NO5S. The number of benzene rings is 2. The molecule has 6 nitrogen and oxygen atoms in total. The molecule has 0 spiro atoms. The summed E-state index contributed by atoms with van der Waals surface area (Å²) in [5.41, 5.74) is 0.489. The third-order valence-electron chi connectivity index (χ3n) is 5.88. The van der Waals surface area contributed by atoms with Crippen molar-refractivity contribution in [2.24, 2.45) is 5.92 Å². The standard InChI is InChI=1S/C26H33NO5S/c1-30-23-10-6-7-11-24(23)33-17-16-32-21-14-12-20(13-15-21)25(28)27-22(26(29)31-2)18-19-8-4-3-5-9-19/h6-7,10-15,19,22H,3-5,8-9,16-18H2,1-2H3,(H,27,28)/t22-/m0/s1. The fourth-order valence-corrected chi connectivity index (χ4v) is 4.96. The lowest BCUT2D eigenvalue weighted by atomic mass is 9.85. The molecule has 0 heterocycles. The Bertz CT molecular complexity index is 896. The Morgan fingerprint density at radius 3 is 2.45 bits per heavy atom. The molecule has 1 saturated carbocycles. The second-order valence-electron chi connectivity index (χ2n) is 8.16. The topological polar surface area (TPSA) is 73.9 Å². The summed E-state index contributed by atoms with van der Waals surface area (Å²) in [5, 5.41) is 2.86. The summed E-state index contributed by atoms with van der Waals surface area (Å²) < 4.78 is 16.1. The maximum absolute atomic E-state index is 12.7. The van der Waals surface area contributed by atoms with Gasteiger partial charge < -0.3 is 19.5 Å². The van der Waals surface area contributed by atoms with Gasteiger partial charge >= 0.3 is 5.97 Å². The van der Waals surface area contributed by atoms with Crippen molar-refractivity contribution in [2.45, 2.75) is 49.5 Å². The van der Waals surface area contributed by atoms with Crippen LogP contribution in [0.2, 0.25) is 0 Å². The van der Waals surface area contributed by atoms with Crippen LogP contribution in [0.5, 0.6) is 11.5 Å². The smallest absolute Gasteiger partial charge is 0.328 e. The quantitative estimate of drug-likeness (QED) is 0.279. The zero-order valence-electron chi connectivity index (χ0n) is 19.4. The number of nitrogens with one attached hydrogen (secondary N) is 1. The highest BCUT2D eigenvalue weighted by Gasteiger charge is 2.26. The van der Waals surface area contributed by atoms with Crippen LogP contribution in [0, 0.1) is 5.92 Å². The van der Waals surface area contributed by atoms with Crippen molar-refractivity contribution in [2.75, 3.05) is 26.6 Å². The van der Waals surface area contributed by atoms with Crippen molar-refractivity contribution in [3.8, 4) is 11.5 Å². The van der Waals surface area contributed by atoms with Crippen LogP contribution in [-0.2, 0) is 9.53 Å². The van der Waals surface area contributed by atoms with Crippen molar-refractivity contribution < 1.29 is 23.8 Å². The summed E-state index contributed by atoms with van der Waals surface area (Å²) in [6.45, 7) is 0.528.